The van der Waals surface area contributed by atoms with Gasteiger partial charge in [0.25, 0.3) is 0 Å². The van der Waals surface area contributed by atoms with Gasteiger partial charge in [-0.25, -0.2) is 0 Å². The molecule has 4 nitrogen and oxygen atoms in total. The predicted octanol–water partition coefficient (Wildman–Crippen LogP) is 2.47. The van der Waals surface area contributed by atoms with Crippen molar-refractivity contribution < 1.29 is 4.42 Å². The fourth-order valence-electron chi connectivity index (χ4n) is 2.67. The molecule has 0 spiro atoms. The van der Waals surface area contributed by atoms with Crippen molar-refractivity contribution in [1.29, 1.82) is 5.26 Å². The standard InChI is InChI=1S/C17H19N3O/c18-12-15-3-5-16(6-4-15)13-19-7-9-20(10-8-19)14-17-2-1-11-21-17/h1-6,11H,7-10,13-14H2. The smallest absolute Gasteiger partial charge is 0.117 e. The third-order valence-corrected chi connectivity index (χ3v) is 3.91. The molecule has 1 aliphatic rings. The third-order valence-electron chi connectivity index (χ3n) is 3.91. The van der Waals surface area contributed by atoms with Gasteiger partial charge in [-0.1, -0.05) is 12.1 Å². The molecule has 21 heavy (non-hydrogen) atoms. The van der Waals surface area contributed by atoms with Gasteiger partial charge in [-0.3, -0.25) is 9.80 Å². The van der Waals surface area contributed by atoms with Crippen molar-refractivity contribution in [3.05, 3.63) is 59.5 Å². The van der Waals surface area contributed by atoms with E-state index in [2.05, 4.69) is 15.9 Å². The van der Waals surface area contributed by atoms with Crippen LogP contribution in [0.5, 0.6) is 0 Å². The Hall–Kier alpha value is -2.09. The number of hydrogen-bond acceptors (Lipinski definition) is 4. The lowest BCUT2D eigenvalue weighted by atomic mass is 10.1. The highest BCUT2D eigenvalue weighted by molar-refractivity contribution is 5.31. The quantitative estimate of drug-likeness (QED) is 0.863. The average molecular weight is 281 g/mol. The molecule has 1 aliphatic heterocycles. The van der Waals surface area contributed by atoms with Crippen LogP contribution < -0.4 is 0 Å². The first-order valence-corrected chi connectivity index (χ1v) is 7.29. The van der Waals surface area contributed by atoms with Gasteiger partial charge in [-0.05, 0) is 29.8 Å². The molecule has 0 radical (unpaired) electrons. The summed E-state index contributed by atoms with van der Waals surface area (Å²) in [5.74, 6) is 1.04. The number of hydrogen-bond donors (Lipinski definition) is 0. The lowest BCUT2D eigenvalue weighted by Gasteiger charge is -2.34. The first-order chi connectivity index (χ1) is 10.3. The Balaban J connectivity index is 1.48. The van der Waals surface area contributed by atoms with Crippen LogP contribution in [0.25, 0.3) is 0 Å². The zero-order valence-electron chi connectivity index (χ0n) is 12.0. The molecule has 0 bridgehead atoms. The van der Waals surface area contributed by atoms with E-state index in [9.17, 15) is 0 Å². The molecule has 1 saturated heterocycles. The van der Waals surface area contributed by atoms with Crippen LogP contribution in [0.15, 0.2) is 47.1 Å². The third kappa shape index (κ3) is 3.72. The Labute approximate surface area is 125 Å². The molecule has 0 unspecified atom stereocenters. The number of nitrogens with zero attached hydrogens (tertiary/aromatic N) is 3. The van der Waals surface area contributed by atoms with Gasteiger partial charge in [0.15, 0.2) is 0 Å². The van der Waals surface area contributed by atoms with Gasteiger partial charge in [0.2, 0.25) is 0 Å². The molecule has 4 heteroatoms. The highest BCUT2D eigenvalue weighted by Crippen LogP contribution is 2.12. The predicted molar refractivity (Wildman–Crippen MR) is 80.4 cm³/mol. The molecule has 3 rings (SSSR count). The van der Waals surface area contributed by atoms with E-state index in [1.807, 2.05) is 36.4 Å². The Bertz CT molecular complexity index is 590. The molecule has 0 N–H and O–H groups in total. The van der Waals surface area contributed by atoms with Gasteiger partial charge in [-0.15, -0.1) is 0 Å². The van der Waals surface area contributed by atoms with Gasteiger partial charge in [0.1, 0.15) is 5.76 Å². The summed E-state index contributed by atoms with van der Waals surface area (Å²) >= 11 is 0. The maximum absolute atomic E-state index is 8.81. The summed E-state index contributed by atoms with van der Waals surface area (Å²) in [6.45, 7) is 6.13. The minimum atomic E-state index is 0.724. The van der Waals surface area contributed by atoms with Gasteiger partial charge >= 0.3 is 0 Å². The zero-order chi connectivity index (χ0) is 14.5. The Morgan fingerprint density at radius 1 is 0.952 bits per heavy atom. The van der Waals surface area contributed by atoms with E-state index < -0.39 is 0 Å². The van der Waals surface area contributed by atoms with Crippen molar-refractivity contribution in [2.24, 2.45) is 0 Å². The molecular formula is C17H19N3O. The minimum absolute atomic E-state index is 0.724. The van der Waals surface area contributed by atoms with E-state index in [4.69, 9.17) is 9.68 Å². The summed E-state index contributed by atoms with van der Waals surface area (Å²) in [7, 11) is 0. The second kappa shape index (κ2) is 6.57. The largest absolute Gasteiger partial charge is 0.468 e. The number of piperazine rings is 1. The maximum atomic E-state index is 8.81. The summed E-state index contributed by atoms with van der Waals surface area (Å²) in [4.78, 5) is 4.88. The van der Waals surface area contributed by atoms with Crippen LogP contribution in [-0.2, 0) is 13.1 Å². The van der Waals surface area contributed by atoms with Crippen LogP contribution in [0, 0.1) is 11.3 Å². The Morgan fingerprint density at radius 2 is 1.62 bits per heavy atom. The van der Waals surface area contributed by atoms with Crippen LogP contribution >= 0.6 is 0 Å². The molecule has 108 valence electrons. The highest BCUT2D eigenvalue weighted by atomic mass is 16.3. The van der Waals surface area contributed by atoms with Crippen molar-refractivity contribution in [2.75, 3.05) is 26.2 Å². The maximum Gasteiger partial charge on any atom is 0.117 e. The summed E-state index contributed by atoms with van der Waals surface area (Å²) in [6, 6.07) is 14.0. The fourth-order valence-corrected chi connectivity index (χ4v) is 2.67. The number of benzene rings is 1. The van der Waals surface area contributed by atoms with E-state index in [0.29, 0.717) is 0 Å². The average Bonchev–Trinajstić information content (AvgIpc) is 3.03. The van der Waals surface area contributed by atoms with Gasteiger partial charge in [0.05, 0.1) is 24.4 Å². The summed E-state index contributed by atoms with van der Waals surface area (Å²) in [6.07, 6.45) is 1.73. The number of furan rings is 1. The van der Waals surface area contributed by atoms with Gasteiger partial charge in [0, 0.05) is 32.7 Å². The zero-order valence-corrected chi connectivity index (χ0v) is 12.0. The molecule has 0 saturated carbocycles. The lowest BCUT2D eigenvalue weighted by molar-refractivity contribution is 0.116. The molecule has 0 aliphatic carbocycles. The van der Waals surface area contributed by atoms with Crippen molar-refractivity contribution in [2.45, 2.75) is 13.1 Å². The monoisotopic (exact) mass is 281 g/mol. The van der Waals surface area contributed by atoms with E-state index in [-0.39, 0.29) is 0 Å². The normalized spacial score (nSPS) is 16.7. The van der Waals surface area contributed by atoms with E-state index in [1.54, 1.807) is 6.26 Å². The first-order valence-electron chi connectivity index (χ1n) is 7.29. The highest BCUT2D eigenvalue weighted by Gasteiger charge is 2.17. The van der Waals surface area contributed by atoms with Gasteiger partial charge in [-0.2, -0.15) is 5.26 Å². The van der Waals surface area contributed by atoms with E-state index in [1.165, 1.54) is 5.56 Å². The molecule has 2 aromatic rings. The number of nitriles is 1. The van der Waals surface area contributed by atoms with Crippen LogP contribution in [0.2, 0.25) is 0 Å². The lowest BCUT2D eigenvalue weighted by Crippen LogP contribution is -2.45. The van der Waals surface area contributed by atoms with Crippen molar-refractivity contribution in [1.82, 2.24) is 9.80 Å². The molecule has 0 atom stereocenters. The van der Waals surface area contributed by atoms with Crippen molar-refractivity contribution >= 4 is 0 Å². The first kappa shape index (κ1) is 13.9. The number of rotatable bonds is 4. The van der Waals surface area contributed by atoms with Crippen molar-refractivity contribution in [3.8, 4) is 6.07 Å². The van der Waals surface area contributed by atoms with Crippen molar-refractivity contribution in [3.63, 3.8) is 0 Å². The summed E-state index contributed by atoms with van der Waals surface area (Å²) in [5, 5.41) is 8.81. The Kier molecular flexibility index (Phi) is 4.34. The van der Waals surface area contributed by atoms with E-state index in [0.717, 1.165) is 50.6 Å². The van der Waals surface area contributed by atoms with Crippen LogP contribution in [-0.4, -0.2) is 36.0 Å². The molecule has 1 fully saturated rings. The molecule has 2 heterocycles. The van der Waals surface area contributed by atoms with Crippen LogP contribution in [0.1, 0.15) is 16.9 Å². The Morgan fingerprint density at radius 3 is 2.19 bits per heavy atom. The molecule has 1 aromatic carbocycles. The second-order valence-electron chi connectivity index (χ2n) is 5.44. The fraction of sp³-hybridized carbons (Fsp3) is 0.353. The second-order valence-corrected chi connectivity index (χ2v) is 5.44. The van der Waals surface area contributed by atoms with Gasteiger partial charge < -0.3 is 4.42 Å². The van der Waals surface area contributed by atoms with E-state index >= 15 is 0 Å². The molecular weight excluding hydrogens is 262 g/mol. The minimum Gasteiger partial charge on any atom is -0.468 e. The summed E-state index contributed by atoms with van der Waals surface area (Å²) in [5.41, 5.74) is 2.00. The molecule has 0 amide bonds. The SMILES string of the molecule is N#Cc1ccc(CN2CCN(Cc3ccco3)CC2)cc1. The summed E-state index contributed by atoms with van der Waals surface area (Å²) < 4.78 is 5.40. The molecule has 1 aromatic heterocycles. The topological polar surface area (TPSA) is 43.4 Å². The van der Waals surface area contributed by atoms with Crippen LogP contribution in [0.4, 0.5) is 0 Å². The van der Waals surface area contributed by atoms with Crippen LogP contribution in [0.3, 0.4) is 0 Å².